The molecule has 1 aromatic heterocycles. The van der Waals surface area contributed by atoms with E-state index < -0.39 is 38.2 Å². The number of benzene rings is 1. The van der Waals surface area contributed by atoms with E-state index >= 15 is 0 Å². The van der Waals surface area contributed by atoms with Crippen molar-refractivity contribution in [3.8, 4) is 5.75 Å². The Morgan fingerprint density at radius 3 is 2.42 bits per heavy atom. The highest BCUT2D eigenvalue weighted by Crippen LogP contribution is 2.31. The number of amides is 1. The molecule has 2 aliphatic heterocycles. The molecule has 4 rings (SSSR count). The van der Waals surface area contributed by atoms with Gasteiger partial charge in [0.2, 0.25) is 11.1 Å². The Hall–Kier alpha value is -2.54. The summed E-state index contributed by atoms with van der Waals surface area (Å²) in [5.74, 6) is -2.21. The molecule has 1 unspecified atom stereocenters. The third-order valence-electron chi connectivity index (χ3n) is 5.83. The van der Waals surface area contributed by atoms with E-state index in [1.54, 1.807) is 4.90 Å². The van der Waals surface area contributed by atoms with Crippen molar-refractivity contribution in [3.63, 3.8) is 0 Å². The second-order valence-corrected chi connectivity index (χ2v) is 11.1. The topological polar surface area (TPSA) is 95.9 Å². The first kappa shape index (κ1) is 23.6. The van der Waals surface area contributed by atoms with Crippen LogP contribution in [0.1, 0.15) is 19.3 Å². The largest absolute Gasteiger partial charge is 0.477 e. The molecule has 13 heteroatoms. The molecular formula is C20H25F2N5O4S2. The number of carbonyl (C=O) groups is 1. The van der Waals surface area contributed by atoms with Crippen LogP contribution in [0.3, 0.4) is 0 Å². The number of ether oxygens (including phenoxy) is 1. The highest BCUT2D eigenvalue weighted by atomic mass is 32.2. The van der Waals surface area contributed by atoms with E-state index in [1.807, 2.05) is 19.0 Å². The number of sulfone groups is 1. The molecular weight excluding hydrogens is 476 g/mol. The fourth-order valence-electron chi connectivity index (χ4n) is 4.07. The zero-order chi connectivity index (χ0) is 23.9. The zero-order valence-electron chi connectivity index (χ0n) is 18.5. The van der Waals surface area contributed by atoms with Crippen molar-refractivity contribution in [2.75, 3.05) is 49.8 Å². The molecule has 2 fully saturated rings. The number of aromatic nitrogens is 2. The predicted octanol–water partition coefficient (Wildman–Crippen LogP) is 1.93. The van der Waals surface area contributed by atoms with E-state index in [4.69, 9.17) is 4.74 Å². The lowest BCUT2D eigenvalue weighted by Gasteiger charge is -2.36. The lowest BCUT2D eigenvalue weighted by Crippen LogP contribution is -2.47. The number of nitrogens with zero attached hydrogens (tertiary/aromatic N) is 5. The van der Waals surface area contributed by atoms with E-state index in [2.05, 4.69) is 14.3 Å². The van der Waals surface area contributed by atoms with Crippen molar-refractivity contribution in [1.29, 1.82) is 0 Å². The molecule has 0 radical (unpaired) electrons. The smallest absolute Gasteiger partial charge is 0.263 e. The van der Waals surface area contributed by atoms with Gasteiger partial charge in [0.05, 0.1) is 0 Å². The van der Waals surface area contributed by atoms with Crippen molar-refractivity contribution < 1.29 is 26.7 Å². The van der Waals surface area contributed by atoms with Crippen LogP contribution in [0.2, 0.25) is 0 Å². The minimum Gasteiger partial charge on any atom is -0.477 e. The van der Waals surface area contributed by atoms with Crippen LogP contribution in [0, 0.1) is 11.6 Å². The number of likely N-dealkylation sites (tertiary alicyclic amines) is 1. The van der Waals surface area contributed by atoms with Gasteiger partial charge in [-0.2, -0.15) is 9.36 Å². The Labute approximate surface area is 195 Å². The maximum absolute atomic E-state index is 14.3. The molecule has 180 valence electrons. The highest BCUT2D eigenvalue weighted by molar-refractivity contribution is 7.90. The van der Waals surface area contributed by atoms with Crippen molar-refractivity contribution in [2.45, 2.75) is 36.3 Å². The van der Waals surface area contributed by atoms with Crippen LogP contribution in [0.25, 0.3) is 0 Å². The van der Waals surface area contributed by atoms with E-state index in [1.165, 1.54) is 11.5 Å². The van der Waals surface area contributed by atoms with Gasteiger partial charge in [0.1, 0.15) is 10.7 Å². The molecule has 3 heterocycles. The predicted molar refractivity (Wildman–Crippen MR) is 120 cm³/mol. The van der Waals surface area contributed by atoms with E-state index in [-0.39, 0.29) is 11.9 Å². The molecule has 0 spiro atoms. The molecule has 0 bridgehead atoms. The fourth-order valence-corrected chi connectivity index (χ4v) is 5.59. The Bertz CT molecular complexity index is 1150. The van der Waals surface area contributed by atoms with Gasteiger partial charge in [0.15, 0.2) is 27.5 Å². The summed E-state index contributed by atoms with van der Waals surface area (Å²) in [6.45, 7) is 1.92. The van der Waals surface area contributed by atoms with Gasteiger partial charge in [0, 0.05) is 70.0 Å². The van der Waals surface area contributed by atoms with Crippen LogP contribution < -0.4 is 14.5 Å². The summed E-state index contributed by atoms with van der Waals surface area (Å²) >= 11 is 1.34. The summed E-state index contributed by atoms with van der Waals surface area (Å²) in [4.78, 5) is 22.4. The van der Waals surface area contributed by atoms with E-state index in [0.717, 1.165) is 37.3 Å². The van der Waals surface area contributed by atoms with Crippen LogP contribution in [-0.4, -0.2) is 80.7 Å². The summed E-state index contributed by atoms with van der Waals surface area (Å²) < 4.78 is 61.4. The molecule has 0 N–H and O–H groups in total. The van der Waals surface area contributed by atoms with Crippen LogP contribution in [-0.2, 0) is 14.6 Å². The highest BCUT2D eigenvalue weighted by Gasteiger charge is 2.39. The lowest BCUT2D eigenvalue weighted by atomic mass is 10.0. The third kappa shape index (κ3) is 4.88. The van der Waals surface area contributed by atoms with Gasteiger partial charge in [-0.15, -0.1) is 0 Å². The van der Waals surface area contributed by atoms with Crippen LogP contribution in [0.4, 0.5) is 19.9 Å². The molecule has 0 aliphatic carbocycles. The maximum Gasteiger partial charge on any atom is 0.263 e. The number of hydrogen-bond donors (Lipinski definition) is 0. The number of piperidine rings is 1. The fraction of sp³-hybridized carbons (Fsp3) is 0.550. The minimum absolute atomic E-state index is 0.0257. The Morgan fingerprint density at radius 1 is 1.12 bits per heavy atom. The molecule has 2 aromatic rings. The Balaban J connectivity index is 1.37. The standard InChI is InChI=1S/C20H25F2N5O4S2/c1-25(2)19-23-20(32-24-19)26-7-4-12(5-8-26)27-9-6-15(18(27)28)31-16-10-14(22)17(11-13(16)21)33(3,29)30/h10-12,15H,4-9H2,1-3H3. The number of hydrogen-bond acceptors (Lipinski definition) is 9. The summed E-state index contributed by atoms with van der Waals surface area (Å²) in [5.41, 5.74) is 0. The van der Waals surface area contributed by atoms with Crippen molar-refractivity contribution in [2.24, 2.45) is 0 Å². The second-order valence-electron chi connectivity index (χ2n) is 8.40. The number of halogens is 2. The second kappa shape index (κ2) is 9.01. The molecule has 1 amide bonds. The first-order valence-electron chi connectivity index (χ1n) is 10.5. The Morgan fingerprint density at radius 2 is 1.82 bits per heavy atom. The summed E-state index contributed by atoms with van der Waals surface area (Å²) in [6.07, 6.45) is 1.70. The first-order chi connectivity index (χ1) is 15.5. The van der Waals surface area contributed by atoms with Crippen molar-refractivity contribution >= 4 is 38.4 Å². The van der Waals surface area contributed by atoms with Crippen LogP contribution in [0.15, 0.2) is 17.0 Å². The molecule has 1 aromatic carbocycles. The van der Waals surface area contributed by atoms with Gasteiger partial charge in [-0.3, -0.25) is 4.79 Å². The number of rotatable bonds is 6. The first-order valence-corrected chi connectivity index (χ1v) is 13.1. The average molecular weight is 502 g/mol. The van der Waals surface area contributed by atoms with Gasteiger partial charge >= 0.3 is 0 Å². The van der Waals surface area contributed by atoms with E-state index in [0.29, 0.717) is 31.0 Å². The maximum atomic E-state index is 14.3. The van der Waals surface area contributed by atoms with Gasteiger partial charge < -0.3 is 19.4 Å². The lowest BCUT2D eigenvalue weighted by molar-refractivity contribution is -0.135. The molecule has 1 atom stereocenters. The number of carbonyl (C=O) groups excluding carboxylic acids is 1. The van der Waals surface area contributed by atoms with Crippen LogP contribution >= 0.6 is 11.5 Å². The monoisotopic (exact) mass is 501 g/mol. The molecule has 33 heavy (non-hydrogen) atoms. The Kier molecular flexibility index (Phi) is 6.45. The van der Waals surface area contributed by atoms with Gasteiger partial charge in [-0.05, 0) is 18.9 Å². The quantitative estimate of drug-likeness (QED) is 0.593. The summed E-state index contributed by atoms with van der Waals surface area (Å²) in [5, 5.41) is 0.848. The average Bonchev–Trinajstić information content (AvgIpc) is 3.38. The van der Waals surface area contributed by atoms with Gasteiger partial charge in [-0.25, -0.2) is 17.2 Å². The van der Waals surface area contributed by atoms with Crippen LogP contribution in [0.5, 0.6) is 5.75 Å². The van der Waals surface area contributed by atoms with Crippen molar-refractivity contribution in [3.05, 3.63) is 23.8 Å². The molecule has 2 aliphatic rings. The van der Waals surface area contributed by atoms with Gasteiger partial charge in [0.25, 0.3) is 5.91 Å². The van der Waals surface area contributed by atoms with Gasteiger partial charge in [-0.1, -0.05) is 0 Å². The zero-order valence-corrected chi connectivity index (χ0v) is 20.1. The molecule has 9 nitrogen and oxygen atoms in total. The SMILES string of the molecule is CN(C)c1nsc(N2CCC(N3CCC(Oc4cc(F)c(S(C)(=O)=O)cc4F)C3=O)CC2)n1. The number of anilines is 2. The third-order valence-corrected chi connectivity index (χ3v) is 7.71. The minimum atomic E-state index is -3.92. The summed E-state index contributed by atoms with van der Waals surface area (Å²) in [7, 11) is -0.152. The molecule has 0 saturated carbocycles. The summed E-state index contributed by atoms with van der Waals surface area (Å²) in [6, 6.07) is 1.30. The normalized spacial score (nSPS) is 19.9. The van der Waals surface area contributed by atoms with Crippen molar-refractivity contribution in [1.82, 2.24) is 14.3 Å². The van der Waals surface area contributed by atoms with E-state index in [9.17, 15) is 22.0 Å². The molecule has 2 saturated heterocycles.